The number of phenols is 1. The number of aliphatic carboxylic acids is 1. The van der Waals surface area contributed by atoms with Crippen molar-refractivity contribution in [1.29, 1.82) is 0 Å². The molecular formula is C28H26ClF3O4. The van der Waals surface area contributed by atoms with Crippen LogP contribution in [0.2, 0.25) is 5.02 Å². The molecule has 190 valence electrons. The number of carboxylic acid groups (broad SMARTS) is 1. The highest BCUT2D eigenvalue weighted by Gasteiger charge is 2.14. The molecular weight excluding hydrogens is 493 g/mol. The van der Waals surface area contributed by atoms with E-state index in [2.05, 4.69) is 0 Å². The molecule has 3 aromatic rings. The first kappa shape index (κ1) is 27.1. The van der Waals surface area contributed by atoms with E-state index < -0.39 is 29.2 Å². The minimum atomic E-state index is -1.06. The van der Waals surface area contributed by atoms with Crippen LogP contribution in [0.3, 0.4) is 0 Å². The van der Waals surface area contributed by atoms with Gasteiger partial charge in [-0.25, -0.2) is 13.2 Å². The average molecular weight is 519 g/mol. The van der Waals surface area contributed by atoms with Gasteiger partial charge >= 0.3 is 5.97 Å². The molecule has 3 rings (SSSR count). The first-order valence-electron chi connectivity index (χ1n) is 11.5. The van der Waals surface area contributed by atoms with Crippen molar-refractivity contribution in [2.75, 3.05) is 0 Å². The number of carbonyl (C=O) groups is 1. The monoisotopic (exact) mass is 518 g/mol. The van der Waals surface area contributed by atoms with E-state index in [0.29, 0.717) is 41.2 Å². The highest BCUT2D eigenvalue weighted by atomic mass is 35.5. The van der Waals surface area contributed by atoms with E-state index in [1.807, 2.05) is 12.1 Å². The molecule has 0 radical (unpaired) electrons. The van der Waals surface area contributed by atoms with Crippen LogP contribution in [0.4, 0.5) is 13.2 Å². The number of carboxylic acids is 1. The van der Waals surface area contributed by atoms with Gasteiger partial charge in [-0.15, -0.1) is 0 Å². The molecule has 1 atom stereocenters. The van der Waals surface area contributed by atoms with Crippen LogP contribution in [0, 0.1) is 23.4 Å². The molecule has 4 nitrogen and oxygen atoms in total. The van der Waals surface area contributed by atoms with Crippen LogP contribution in [0.5, 0.6) is 11.5 Å². The number of unbranched alkanes of at least 4 members (excludes halogenated alkanes) is 1. The van der Waals surface area contributed by atoms with Crippen molar-refractivity contribution in [3.63, 3.8) is 0 Å². The maximum absolute atomic E-state index is 14.0. The largest absolute Gasteiger partial charge is 0.503 e. The van der Waals surface area contributed by atoms with Gasteiger partial charge in [0.05, 0.1) is 0 Å². The summed E-state index contributed by atoms with van der Waals surface area (Å²) in [4.78, 5) is 10.8. The van der Waals surface area contributed by atoms with Gasteiger partial charge in [0.25, 0.3) is 0 Å². The molecule has 1 unspecified atom stereocenters. The Morgan fingerprint density at radius 1 is 1.03 bits per heavy atom. The van der Waals surface area contributed by atoms with Crippen molar-refractivity contribution in [2.24, 2.45) is 5.92 Å². The molecule has 0 aromatic heterocycles. The summed E-state index contributed by atoms with van der Waals surface area (Å²) in [6, 6.07) is 13.5. The van der Waals surface area contributed by atoms with Gasteiger partial charge in [0.15, 0.2) is 17.4 Å². The van der Waals surface area contributed by atoms with Gasteiger partial charge in [0, 0.05) is 22.6 Å². The molecule has 0 aliphatic heterocycles. The normalized spacial score (nSPS) is 12.1. The number of hydrogen-bond donors (Lipinski definition) is 2. The summed E-state index contributed by atoms with van der Waals surface area (Å²) in [7, 11) is 0. The minimum absolute atomic E-state index is 0.0167. The number of benzene rings is 3. The van der Waals surface area contributed by atoms with Gasteiger partial charge in [0.2, 0.25) is 0 Å². The number of halogens is 4. The topological polar surface area (TPSA) is 66.8 Å². The molecule has 0 amide bonds. The highest BCUT2D eigenvalue weighted by molar-refractivity contribution is 6.31. The zero-order valence-electron chi connectivity index (χ0n) is 19.4. The number of aromatic hydroxyl groups is 1. The zero-order valence-corrected chi connectivity index (χ0v) is 20.1. The molecule has 36 heavy (non-hydrogen) atoms. The Morgan fingerprint density at radius 3 is 2.44 bits per heavy atom. The van der Waals surface area contributed by atoms with Crippen molar-refractivity contribution in [3.8, 4) is 11.5 Å². The Morgan fingerprint density at radius 2 is 1.75 bits per heavy atom. The van der Waals surface area contributed by atoms with Crippen LogP contribution in [0.15, 0.2) is 60.7 Å². The second kappa shape index (κ2) is 13.0. The molecule has 8 heteroatoms. The van der Waals surface area contributed by atoms with E-state index in [0.717, 1.165) is 17.7 Å². The van der Waals surface area contributed by atoms with Gasteiger partial charge < -0.3 is 14.9 Å². The summed E-state index contributed by atoms with van der Waals surface area (Å²) in [5.74, 6) is -4.31. The number of rotatable bonds is 12. The van der Waals surface area contributed by atoms with E-state index in [9.17, 15) is 23.1 Å². The summed E-state index contributed by atoms with van der Waals surface area (Å²) >= 11 is 6.19. The third-order valence-electron chi connectivity index (χ3n) is 5.65. The zero-order chi connectivity index (χ0) is 26.1. The standard InChI is InChI=1S/C28H26ClF3O4/c29-23-7-3-2-6-21(23)17-36-26-12-11-22(30)16-20(26)10-9-18(5-1-4-8-27(33)34)13-19-14-24(31)28(35)25(32)15-19/h2-3,6-7,9-12,14-16,18,35H,1,4-5,8,13,17H2,(H,33,34)/b10-9-. The number of phenolic OH excluding ortho intramolecular Hbond substituents is 1. The highest BCUT2D eigenvalue weighted by Crippen LogP contribution is 2.28. The molecule has 0 spiro atoms. The second-order valence-electron chi connectivity index (χ2n) is 8.43. The van der Waals surface area contributed by atoms with E-state index in [4.69, 9.17) is 21.4 Å². The van der Waals surface area contributed by atoms with Crippen molar-refractivity contribution >= 4 is 23.6 Å². The first-order valence-corrected chi connectivity index (χ1v) is 11.8. The lowest BCUT2D eigenvalue weighted by Gasteiger charge is -2.15. The fourth-order valence-corrected chi connectivity index (χ4v) is 3.97. The molecule has 0 bridgehead atoms. The Hall–Kier alpha value is -3.45. The minimum Gasteiger partial charge on any atom is -0.503 e. The third kappa shape index (κ3) is 8.05. The predicted molar refractivity (Wildman–Crippen MR) is 133 cm³/mol. The van der Waals surface area contributed by atoms with Crippen LogP contribution >= 0.6 is 11.6 Å². The van der Waals surface area contributed by atoms with Crippen LogP contribution in [0.1, 0.15) is 42.4 Å². The van der Waals surface area contributed by atoms with Crippen molar-refractivity contribution in [1.82, 2.24) is 0 Å². The second-order valence-corrected chi connectivity index (χ2v) is 8.84. The maximum atomic E-state index is 14.0. The van der Waals surface area contributed by atoms with Gasteiger partial charge in [-0.2, -0.15) is 0 Å². The van der Waals surface area contributed by atoms with E-state index in [1.54, 1.807) is 24.3 Å². The Labute approximate surface area is 212 Å². The SMILES string of the molecule is O=C(O)CCCCC(/C=C\c1cc(F)ccc1OCc1ccccc1Cl)Cc1cc(F)c(O)c(F)c1. The van der Waals surface area contributed by atoms with Crippen molar-refractivity contribution in [3.05, 3.63) is 99.8 Å². The summed E-state index contributed by atoms with van der Waals surface area (Å²) in [6.07, 6.45) is 5.29. The third-order valence-corrected chi connectivity index (χ3v) is 6.02. The molecule has 0 aliphatic carbocycles. The summed E-state index contributed by atoms with van der Waals surface area (Å²) in [6.45, 7) is 0.177. The van der Waals surface area contributed by atoms with Crippen LogP contribution in [-0.2, 0) is 17.8 Å². The lowest BCUT2D eigenvalue weighted by atomic mass is 9.92. The quantitative estimate of drug-likeness (QED) is 0.243. The molecule has 0 fully saturated rings. The molecule has 0 heterocycles. The Kier molecular flexibility index (Phi) is 9.82. The number of hydrogen-bond acceptors (Lipinski definition) is 3. The summed E-state index contributed by atoms with van der Waals surface area (Å²) < 4.78 is 47.6. The molecule has 0 saturated heterocycles. The summed E-state index contributed by atoms with van der Waals surface area (Å²) in [5, 5.41) is 18.8. The van der Waals surface area contributed by atoms with E-state index >= 15 is 0 Å². The Balaban J connectivity index is 1.80. The van der Waals surface area contributed by atoms with Crippen LogP contribution in [0.25, 0.3) is 6.08 Å². The smallest absolute Gasteiger partial charge is 0.303 e. The fourth-order valence-electron chi connectivity index (χ4n) is 3.78. The predicted octanol–water partition coefficient (Wildman–Crippen LogP) is 7.56. The maximum Gasteiger partial charge on any atom is 0.303 e. The van der Waals surface area contributed by atoms with Gasteiger partial charge in [-0.05, 0) is 67.1 Å². The van der Waals surface area contributed by atoms with Crippen LogP contribution < -0.4 is 4.74 Å². The summed E-state index contributed by atoms with van der Waals surface area (Å²) in [5.41, 5.74) is 1.58. The first-order chi connectivity index (χ1) is 17.2. The van der Waals surface area contributed by atoms with Gasteiger partial charge in [-0.1, -0.05) is 48.4 Å². The van der Waals surface area contributed by atoms with E-state index in [-0.39, 0.29) is 25.4 Å². The average Bonchev–Trinajstić information content (AvgIpc) is 2.83. The number of allylic oxidation sites excluding steroid dienone is 1. The van der Waals surface area contributed by atoms with Crippen molar-refractivity contribution < 1.29 is 32.9 Å². The molecule has 0 saturated carbocycles. The van der Waals surface area contributed by atoms with Crippen molar-refractivity contribution in [2.45, 2.75) is 38.7 Å². The molecule has 2 N–H and O–H groups in total. The molecule has 0 aliphatic rings. The van der Waals surface area contributed by atoms with Gasteiger partial charge in [-0.3, -0.25) is 4.79 Å². The lowest BCUT2D eigenvalue weighted by Crippen LogP contribution is -2.04. The lowest BCUT2D eigenvalue weighted by molar-refractivity contribution is -0.137. The molecule has 3 aromatic carbocycles. The number of ether oxygens (including phenoxy) is 1. The van der Waals surface area contributed by atoms with Gasteiger partial charge in [0.1, 0.15) is 18.2 Å². The van der Waals surface area contributed by atoms with Crippen LogP contribution in [-0.4, -0.2) is 16.2 Å². The van der Waals surface area contributed by atoms with E-state index in [1.165, 1.54) is 18.2 Å². The Bertz CT molecular complexity index is 1210. The fraction of sp³-hybridized carbons (Fsp3) is 0.250.